The lowest BCUT2D eigenvalue weighted by Gasteiger charge is -2.11. The Morgan fingerprint density at radius 1 is 0.226 bits per heavy atom. The molecule has 84 heavy (non-hydrogen) atoms. The summed E-state index contributed by atoms with van der Waals surface area (Å²) in [5.41, 5.74) is 24.4. The van der Waals surface area contributed by atoms with E-state index in [1.165, 1.54) is 109 Å². The topological polar surface area (TPSA) is 27.7 Å². The maximum atomic E-state index is 5.58. The second-order valence-electron chi connectivity index (χ2n) is 21.8. The Balaban J connectivity index is 0.747. The molecule has 392 valence electrons. The van der Waals surface area contributed by atoms with E-state index in [2.05, 4.69) is 317 Å². The molecule has 4 heterocycles. The normalized spacial score (nSPS) is 11.8. The van der Waals surface area contributed by atoms with E-state index in [1.807, 2.05) is 0 Å². The molecule has 17 aromatic rings. The van der Waals surface area contributed by atoms with Gasteiger partial charge in [-0.05, 0) is 136 Å². The van der Waals surface area contributed by atoms with Crippen molar-refractivity contribution in [1.82, 2.24) is 18.7 Å². The van der Waals surface area contributed by atoms with Crippen molar-refractivity contribution in [2.24, 2.45) is 0 Å². The minimum absolute atomic E-state index is 0.991. The molecule has 0 radical (unpaired) electrons. The highest BCUT2D eigenvalue weighted by Gasteiger charge is 2.20. The Kier molecular flexibility index (Phi) is 11.1. The van der Waals surface area contributed by atoms with Crippen LogP contribution < -0.4 is 0 Å². The van der Waals surface area contributed by atoms with Gasteiger partial charge in [0.05, 0.1) is 43.3 Å². The van der Waals surface area contributed by atoms with Gasteiger partial charge in [-0.25, -0.2) is 4.98 Å². The van der Waals surface area contributed by atoms with Crippen LogP contribution in [0.4, 0.5) is 0 Å². The lowest BCUT2D eigenvalue weighted by molar-refractivity contribution is 1.18. The van der Waals surface area contributed by atoms with E-state index < -0.39 is 0 Å². The van der Waals surface area contributed by atoms with E-state index in [0.29, 0.717) is 0 Å². The first-order valence-electron chi connectivity index (χ1n) is 28.7. The second kappa shape index (κ2) is 19.4. The lowest BCUT2D eigenvalue weighted by Crippen LogP contribution is -1.92. The fourth-order valence-corrected chi connectivity index (χ4v) is 14.2. The zero-order chi connectivity index (χ0) is 55.2. The molecule has 0 atom stereocenters. The average molecular weight is 1090 g/mol. The third-order valence-corrected chi connectivity index (χ3v) is 18.3. The standard InChI is InChI=1S/C79H50N4S/c1-4-16-60(17-5-1)81-71-25-13-10-22-65(71)68-48-57(40-45-74(68)81)51-28-34-54(35-29-51)63-43-44-64(55-36-30-52(31-37-55)58-41-46-75-69(49-58)66-23-11-14-26-72(66)82(75)61-18-6-2-7-19-61)78-77(63)80-79(84-78)56-38-32-53(33-39-56)59-42-47-76-70(50-59)67-24-12-15-27-73(67)83(76)62-20-8-3-9-21-62/h1-50H. The van der Waals surface area contributed by atoms with Gasteiger partial charge >= 0.3 is 0 Å². The van der Waals surface area contributed by atoms with Gasteiger partial charge in [-0.1, -0.05) is 212 Å². The zero-order valence-corrected chi connectivity index (χ0v) is 46.4. The first kappa shape index (κ1) is 47.9. The third-order valence-electron chi connectivity index (χ3n) is 17.1. The van der Waals surface area contributed by atoms with Gasteiger partial charge < -0.3 is 13.7 Å². The molecule has 0 aliphatic heterocycles. The van der Waals surface area contributed by atoms with Crippen molar-refractivity contribution >= 4 is 87.0 Å². The smallest absolute Gasteiger partial charge is 0.124 e. The van der Waals surface area contributed by atoms with Crippen molar-refractivity contribution < 1.29 is 0 Å². The maximum absolute atomic E-state index is 5.58. The van der Waals surface area contributed by atoms with Crippen molar-refractivity contribution in [2.75, 3.05) is 0 Å². The van der Waals surface area contributed by atoms with Crippen molar-refractivity contribution in [1.29, 1.82) is 0 Å². The van der Waals surface area contributed by atoms with Crippen LogP contribution in [0.25, 0.3) is 159 Å². The van der Waals surface area contributed by atoms with Gasteiger partial charge in [0, 0.05) is 66.1 Å². The number of hydrogen-bond acceptors (Lipinski definition) is 2. The molecule has 0 unspecified atom stereocenters. The van der Waals surface area contributed by atoms with Gasteiger partial charge in [0.25, 0.3) is 0 Å². The minimum Gasteiger partial charge on any atom is -0.309 e. The summed E-state index contributed by atoms with van der Waals surface area (Å²) in [5, 5.41) is 8.46. The molecule has 0 amide bonds. The van der Waals surface area contributed by atoms with Crippen LogP contribution in [-0.4, -0.2) is 18.7 Å². The molecule has 0 aliphatic carbocycles. The summed E-state index contributed by atoms with van der Waals surface area (Å²) in [4.78, 5) is 5.58. The Morgan fingerprint density at radius 3 is 0.917 bits per heavy atom. The summed E-state index contributed by atoms with van der Waals surface area (Å²) < 4.78 is 8.28. The van der Waals surface area contributed by atoms with Crippen LogP contribution in [0, 0.1) is 0 Å². The zero-order valence-electron chi connectivity index (χ0n) is 45.6. The highest BCUT2D eigenvalue weighted by atomic mass is 32.1. The van der Waals surface area contributed by atoms with E-state index in [0.717, 1.165) is 49.8 Å². The second-order valence-corrected chi connectivity index (χ2v) is 22.8. The average Bonchev–Trinajstić information content (AvgIpc) is 2.42. The molecule has 4 aromatic heterocycles. The van der Waals surface area contributed by atoms with Gasteiger partial charge in [-0.2, -0.15) is 0 Å². The quantitative estimate of drug-likeness (QED) is 0.142. The van der Waals surface area contributed by atoms with Crippen LogP contribution >= 0.6 is 11.3 Å². The fourth-order valence-electron chi connectivity index (χ4n) is 13.1. The molecule has 4 nitrogen and oxygen atoms in total. The molecular weight excluding hydrogens is 1040 g/mol. The molecule has 0 saturated carbocycles. The number of benzene rings is 13. The molecule has 0 saturated heterocycles. The van der Waals surface area contributed by atoms with Crippen molar-refractivity contribution in [3.8, 4) is 83.3 Å². The fraction of sp³-hybridized carbons (Fsp3) is 0. The summed E-state index contributed by atoms with van der Waals surface area (Å²) in [5.74, 6) is 0. The van der Waals surface area contributed by atoms with Crippen molar-refractivity contribution in [3.05, 3.63) is 303 Å². The summed E-state index contributed by atoms with van der Waals surface area (Å²) >= 11 is 1.77. The SMILES string of the molecule is c1ccc(-n2c3ccccc3c3cc(-c4ccc(-c5nc6c(-c7ccc(-c8ccc9c(c8)c8ccccc8n9-c8ccccc8)cc7)ccc(-c7ccc(-c8ccc9c(c8)c8ccccc8n9-c8ccccc8)cc7)c6s5)cc4)ccc32)cc1. The molecule has 0 fully saturated rings. The van der Waals surface area contributed by atoms with Gasteiger partial charge in [-0.3, -0.25) is 0 Å². The van der Waals surface area contributed by atoms with E-state index in [-0.39, 0.29) is 0 Å². The van der Waals surface area contributed by atoms with E-state index in [9.17, 15) is 0 Å². The van der Waals surface area contributed by atoms with Crippen LogP contribution in [0.15, 0.2) is 303 Å². The highest BCUT2D eigenvalue weighted by Crippen LogP contribution is 2.44. The van der Waals surface area contributed by atoms with Crippen LogP contribution in [0.1, 0.15) is 0 Å². The van der Waals surface area contributed by atoms with E-state index in [1.54, 1.807) is 11.3 Å². The predicted octanol–water partition coefficient (Wildman–Crippen LogP) is 21.6. The predicted molar refractivity (Wildman–Crippen MR) is 355 cm³/mol. The van der Waals surface area contributed by atoms with Gasteiger partial charge in [0.2, 0.25) is 0 Å². The van der Waals surface area contributed by atoms with Crippen LogP contribution in [-0.2, 0) is 0 Å². The van der Waals surface area contributed by atoms with Crippen molar-refractivity contribution in [3.63, 3.8) is 0 Å². The number of nitrogens with zero attached hydrogens (tertiary/aromatic N) is 4. The Labute approximate surface area is 489 Å². The van der Waals surface area contributed by atoms with Crippen LogP contribution in [0.3, 0.4) is 0 Å². The lowest BCUT2D eigenvalue weighted by atomic mass is 9.95. The minimum atomic E-state index is 0.991. The van der Waals surface area contributed by atoms with Gasteiger partial charge in [0.15, 0.2) is 0 Å². The molecule has 0 bridgehead atoms. The number of hydrogen-bond donors (Lipinski definition) is 0. The summed E-state index contributed by atoms with van der Waals surface area (Å²) in [6, 6.07) is 111. The number of rotatable bonds is 9. The molecule has 5 heteroatoms. The highest BCUT2D eigenvalue weighted by molar-refractivity contribution is 7.22. The van der Waals surface area contributed by atoms with Gasteiger partial charge in [-0.15, -0.1) is 11.3 Å². The van der Waals surface area contributed by atoms with Gasteiger partial charge in [0.1, 0.15) is 5.01 Å². The summed E-state index contributed by atoms with van der Waals surface area (Å²) in [6.07, 6.45) is 0. The number of fused-ring (bicyclic) bond motifs is 10. The van der Waals surface area contributed by atoms with E-state index >= 15 is 0 Å². The molecule has 0 N–H and O–H groups in total. The molecule has 17 rings (SSSR count). The first-order chi connectivity index (χ1) is 41.6. The van der Waals surface area contributed by atoms with Crippen molar-refractivity contribution in [2.45, 2.75) is 0 Å². The number of para-hydroxylation sites is 6. The summed E-state index contributed by atoms with van der Waals surface area (Å²) in [7, 11) is 0. The number of thiazole rings is 1. The van der Waals surface area contributed by atoms with Crippen LogP contribution in [0.5, 0.6) is 0 Å². The Hall–Kier alpha value is -10.9. The molecular formula is C79H50N4S. The largest absolute Gasteiger partial charge is 0.309 e. The number of aromatic nitrogens is 4. The Morgan fingerprint density at radius 2 is 0.524 bits per heavy atom. The Bertz CT molecular complexity index is 5140. The van der Waals surface area contributed by atoms with Crippen LogP contribution in [0.2, 0.25) is 0 Å². The monoisotopic (exact) mass is 1090 g/mol. The molecule has 13 aromatic carbocycles. The van der Waals surface area contributed by atoms with E-state index in [4.69, 9.17) is 4.98 Å². The summed E-state index contributed by atoms with van der Waals surface area (Å²) in [6.45, 7) is 0. The maximum Gasteiger partial charge on any atom is 0.124 e. The first-order valence-corrected chi connectivity index (χ1v) is 29.5. The molecule has 0 spiro atoms. The molecule has 0 aliphatic rings. The third kappa shape index (κ3) is 7.78.